The van der Waals surface area contributed by atoms with Crippen LogP contribution in [0.5, 0.6) is 0 Å². The largest absolute Gasteiger partial charge is 0.478 e. The van der Waals surface area contributed by atoms with Crippen LogP contribution in [0.4, 0.5) is 0 Å². The van der Waals surface area contributed by atoms with Gasteiger partial charge >= 0.3 is 5.97 Å². The number of piperazine rings is 1. The van der Waals surface area contributed by atoms with Crippen LogP contribution in [0, 0.1) is 6.92 Å². The number of likely N-dealkylation sites (N-methyl/N-ethyl adjacent to an activating group) is 1. The molecule has 8 heteroatoms. The van der Waals surface area contributed by atoms with Crippen molar-refractivity contribution in [2.45, 2.75) is 37.1 Å². The first-order valence-corrected chi connectivity index (χ1v) is 11.0. The number of carboxylic acids is 1. The predicted molar refractivity (Wildman–Crippen MR) is 104 cm³/mol. The molecule has 0 spiro atoms. The van der Waals surface area contributed by atoms with Gasteiger partial charge in [-0.15, -0.1) is 0 Å². The van der Waals surface area contributed by atoms with Gasteiger partial charge in [0.2, 0.25) is 10.0 Å². The summed E-state index contributed by atoms with van der Waals surface area (Å²) in [5, 5.41) is 9.12. The van der Waals surface area contributed by atoms with E-state index in [9.17, 15) is 13.2 Å². The number of nitrogens with zero attached hydrogens (tertiary/aromatic N) is 3. The third-order valence-electron chi connectivity index (χ3n) is 5.79. The Labute approximate surface area is 161 Å². The summed E-state index contributed by atoms with van der Waals surface area (Å²) < 4.78 is 27.4. The molecule has 1 aromatic carbocycles. The zero-order chi connectivity index (χ0) is 19.6. The SMILES string of the molecule is Cc1cc(S(=O)(=O)N2CCN(CC3CCCCN3C)CC2)ccc1C(=O)O. The Bertz CT molecular complexity index is 788. The molecular formula is C19H29N3O4S. The number of aromatic carboxylic acids is 1. The van der Waals surface area contributed by atoms with Gasteiger partial charge in [0, 0.05) is 38.8 Å². The molecule has 1 atom stereocenters. The van der Waals surface area contributed by atoms with Gasteiger partial charge in [0.15, 0.2) is 0 Å². The summed E-state index contributed by atoms with van der Waals surface area (Å²) in [6.45, 7) is 6.17. The molecule has 0 aliphatic carbocycles. The molecule has 0 aromatic heterocycles. The number of piperidine rings is 1. The van der Waals surface area contributed by atoms with E-state index in [1.54, 1.807) is 6.92 Å². The fraction of sp³-hybridized carbons (Fsp3) is 0.632. The van der Waals surface area contributed by atoms with Gasteiger partial charge in [0.25, 0.3) is 0 Å². The second-order valence-corrected chi connectivity index (χ2v) is 9.55. The molecule has 7 nitrogen and oxygen atoms in total. The minimum atomic E-state index is -3.59. The van der Waals surface area contributed by atoms with Crippen molar-refractivity contribution in [3.8, 4) is 0 Å². The van der Waals surface area contributed by atoms with Crippen molar-refractivity contribution in [3.63, 3.8) is 0 Å². The van der Waals surface area contributed by atoms with E-state index in [0.29, 0.717) is 24.7 Å². The number of aryl methyl sites for hydroxylation is 1. The van der Waals surface area contributed by atoms with Crippen LogP contribution in [0.25, 0.3) is 0 Å². The van der Waals surface area contributed by atoms with Gasteiger partial charge in [-0.05, 0) is 57.1 Å². The molecule has 0 amide bonds. The maximum Gasteiger partial charge on any atom is 0.335 e. The summed E-state index contributed by atoms with van der Waals surface area (Å²) in [6, 6.07) is 4.80. The average Bonchev–Trinajstić information content (AvgIpc) is 2.63. The minimum absolute atomic E-state index is 0.135. The van der Waals surface area contributed by atoms with Crippen molar-refractivity contribution >= 4 is 16.0 Å². The van der Waals surface area contributed by atoms with Crippen LogP contribution in [0.15, 0.2) is 23.1 Å². The van der Waals surface area contributed by atoms with Crippen LogP contribution >= 0.6 is 0 Å². The Balaban J connectivity index is 1.62. The highest BCUT2D eigenvalue weighted by atomic mass is 32.2. The van der Waals surface area contributed by atoms with E-state index in [-0.39, 0.29) is 10.5 Å². The van der Waals surface area contributed by atoms with Crippen LogP contribution in [-0.4, -0.2) is 86.0 Å². The molecule has 1 N–H and O–H groups in total. The molecule has 2 aliphatic rings. The number of carbonyl (C=O) groups is 1. The van der Waals surface area contributed by atoms with Gasteiger partial charge in [-0.2, -0.15) is 4.31 Å². The van der Waals surface area contributed by atoms with Crippen molar-refractivity contribution < 1.29 is 18.3 Å². The van der Waals surface area contributed by atoms with Crippen molar-refractivity contribution in [1.29, 1.82) is 0 Å². The highest BCUT2D eigenvalue weighted by Gasteiger charge is 2.30. The quantitative estimate of drug-likeness (QED) is 0.813. The van der Waals surface area contributed by atoms with E-state index in [4.69, 9.17) is 5.11 Å². The zero-order valence-electron chi connectivity index (χ0n) is 16.1. The maximum absolute atomic E-state index is 12.9. The first-order valence-electron chi connectivity index (χ1n) is 9.56. The Morgan fingerprint density at radius 3 is 2.44 bits per heavy atom. The highest BCUT2D eigenvalue weighted by molar-refractivity contribution is 7.89. The molecule has 1 unspecified atom stereocenters. The van der Waals surface area contributed by atoms with Crippen LogP contribution in [0.3, 0.4) is 0 Å². The molecule has 1 aromatic rings. The lowest BCUT2D eigenvalue weighted by molar-refractivity contribution is 0.0696. The van der Waals surface area contributed by atoms with Gasteiger partial charge in [-0.25, -0.2) is 13.2 Å². The summed E-state index contributed by atoms with van der Waals surface area (Å²) in [5.74, 6) is -1.04. The molecule has 3 rings (SSSR count). The van der Waals surface area contributed by atoms with Crippen LogP contribution in [0.2, 0.25) is 0 Å². The second kappa shape index (κ2) is 8.26. The molecule has 2 saturated heterocycles. The summed E-state index contributed by atoms with van der Waals surface area (Å²) in [5.41, 5.74) is 0.595. The smallest absolute Gasteiger partial charge is 0.335 e. The Kier molecular flexibility index (Phi) is 6.20. The molecule has 2 fully saturated rings. The summed E-state index contributed by atoms with van der Waals surface area (Å²) in [4.78, 5) is 16.1. The number of benzene rings is 1. The highest BCUT2D eigenvalue weighted by Crippen LogP contribution is 2.22. The van der Waals surface area contributed by atoms with Gasteiger partial charge in [0.05, 0.1) is 10.5 Å². The Hall–Kier alpha value is -1.48. The van der Waals surface area contributed by atoms with Gasteiger partial charge in [-0.1, -0.05) is 6.42 Å². The molecule has 2 heterocycles. The lowest BCUT2D eigenvalue weighted by atomic mass is 10.0. The fourth-order valence-corrected chi connectivity index (χ4v) is 5.52. The molecule has 2 aliphatic heterocycles. The molecule has 0 saturated carbocycles. The van der Waals surface area contributed by atoms with E-state index < -0.39 is 16.0 Å². The van der Waals surface area contributed by atoms with Crippen molar-refractivity contribution in [1.82, 2.24) is 14.1 Å². The number of sulfonamides is 1. The van der Waals surface area contributed by atoms with E-state index >= 15 is 0 Å². The van der Waals surface area contributed by atoms with Gasteiger partial charge in [-0.3, -0.25) is 4.90 Å². The number of rotatable bonds is 5. The van der Waals surface area contributed by atoms with Gasteiger partial charge in [0.1, 0.15) is 0 Å². The average molecular weight is 396 g/mol. The van der Waals surface area contributed by atoms with Crippen LogP contribution in [0.1, 0.15) is 35.2 Å². The normalized spacial score (nSPS) is 23.4. The maximum atomic E-state index is 12.9. The number of carboxylic acid groups (broad SMARTS) is 1. The molecule has 0 radical (unpaired) electrons. The Morgan fingerprint density at radius 1 is 1.15 bits per heavy atom. The lowest BCUT2D eigenvalue weighted by Gasteiger charge is -2.39. The third kappa shape index (κ3) is 4.51. The van der Waals surface area contributed by atoms with E-state index in [0.717, 1.165) is 26.2 Å². The second-order valence-electron chi connectivity index (χ2n) is 7.62. The van der Waals surface area contributed by atoms with Crippen LogP contribution < -0.4 is 0 Å². The fourth-order valence-electron chi connectivity index (χ4n) is 4.01. The summed E-state index contributed by atoms with van der Waals surface area (Å²) >= 11 is 0. The first-order chi connectivity index (χ1) is 12.8. The van der Waals surface area contributed by atoms with E-state index in [1.165, 1.54) is 41.8 Å². The molecule has 0 bridgehead atoms. The standard InChI is InChI=1S/C19H29N3O4S/c1-15-13-17(6-7-18(15)19(23)24)27(25,26)22-11-9-21(10-12-22)14-16-5-3-4-8-20(16)2/h6-7,13,16H,3-5,8-12,14H2,1-2H3,(H,23,24). The van der Waals surface area contributed by atoms with E-state index in [2.05, 4.69) is 16.8 Å². The number of hydrogen-bond acceptors (Lipinski definition) is 5. The third-order valence-corrected chi connectivity index (χ3v) is 7.68. The van der Waals surface area contributed by atoms with Crippen molar-refractivity contribution in [3.05, 3.63) is 29.3 Å². The summed E-state index contributed by atoms with van der Waals surface area (Å²) in [6.07, 6.45) is 3.75. The minimum Gasteiger partial charge on any atom is -0.478 e. The van der Waals surface area contributed by atoms with Gasteiger partial charge < -0.3 is 10.0 Å². The number of hydrogen-bond donors (Lipinski definition) is 1. The monoisotopic (exact) mass is 395 g/mol. The topological polar surface area (TPSA) is 81.2 Å². The Morgan fingerprint density at radius 2 is 1.85 bits per heavy atom. The molecule has 27 heavy (non-hydrogen) atoms. The zero-order valence-corrected chi connectivity index (χ0v) is 16.9. The first kappa shape index (κ1) is 20.3. The predicted octanol–water partition coefficient (Wildman–Crippen LogP) is 1.48. The molecule has 150 valence electrons. The van der Waals surface area contributed by atoms with Crippen LogP contribution in [-0.2, 0) is 10.0 Å². The summed E-state index contributed by atoms with van der Waals surface area (Å²) in [7, 11) is -1.42. The van der Waals surface area contributed by atoms with Crippen molar-refractivity contribution in [2.75, 3.05) is 46.3 Å². The number of likely N-dealkylation sites (tertiary alicyclic amines) is 1. The lowest BCUT2D eigenvalue weighted by Crippen LogP contribution is -2.52. The van der Waals surface area contributed by atoms with E-state index in [1.807, 2.05) is 0 Å². The van der Waals surface area contributed by atoms with Crippen molar-refractivity contribution in [2.24, 2.45) is 0 Å². The molecular weight excluding hydrogens is 366 g/mol.